The van der Waals surface area contributed by atoms with Crippen molar-refractivity contribution in [1.29, 1.82) is 0 Å². The summed E-state index contributed by atoms with van der Waals surface area (Å²) in [6.45, 7) is 3.71. The monoisotopic (exact) mass is 248 g/mol. The van der Waals surface area contributed by atoms with E-state index in [-0.39, 0.29) is 11.9 Å². The predicted molar refractivity (Wildman–Crippen MR) is 68.0 cm³/mol. The minimum absolute atomic E-state index is 0.360. The second-order valence-electron chi connectivity index (χ2n) is 3.66. The van der Waals surface area contributed by atoms with Crippen LogP contribution >= 0.6 is 0 Å². The zero-order valence-corrected chi connectivity index (χ0v) is 10.5. The first-order chi connectivity index (χ1) is 8.61. The molecule has 4 nitrogen and oxygen atoms in total. The van der Waals surface area contributed by atoms with Gasteiger partial charge in [0.2, 0.25) is 0 Å². The average Bonchev–Trinajstić information content (AvgIpc) is 2.35. The predicted octanol–water partition coefficient (Wildman–Crippen LogP) is 2.58. The zero-order valence-electron chi connectivity index (χ0n) is 10.5. The summed E-state index contributed by atoms with van der Waals surface area (Å²) >= 11 is 0. The summed E-state index contributed by atoms with van der Waals surface area (Å²) in [5.74, 6) is -0.240. The van der Waals surface area contributed by atoms with Crippen LogP contribution in [0.2, 0.25) is 0 Å². The van der Waals surface area contributed by atoms with Crippen molar-refractivity contribution in [3.05, 3.63) is 35.9 Å². The van der Waals surface area contributed by atoms with Gasteiger partial charge in [0, 0.05) is 13.0 Å². The van der Waals surface area contributed by atoms with E-state index in [2.05, 4.69) is 0 Å². The van der Waals surface area contributed by atoms with Gasteiger partial charge in [0.15, 0.2) is 0 Å². The molecule has 96 valence electrons. The van der Waals surface area contributed by atoms with Crippen LogP contribution in [0.4, 0.5) is 0 Å². The number of carbonyl (C=O) groups is 2. The van der Waals surface area contributed by atoms with Gasteiger partial charge in [-0.15, -0.1) is 0 Å². The molecule has 0 aliphatic carbocycles. The second kappa shape index (κ2) is 7.27. The van der Waals surface area contributed by atoms with E-state index in [1.807, 2.05) is 6.92 Å². The molecule has 0 bridgehead atoms. The number of ether oxygens (including phenoxy) is 2. The second-order valence-corrected chi connectivity index (χ2v) is 3.66. The molecule has 1 rings (SSSR count). The van der Waals surface area contributed by atoms with Crippen molar-refractivity contribution >= 4 is 18.0 Å². The molecule has 0 aromatic heterocycles. The summed E-state index contributed by atoms with van der Waals surface area (Å²) in [5.41, 5.74) is 0.833. The smallest absolute Gasteiger partial charge is 0.330 e. The Morgan fingerprint density at radius 1 is 1.22 bits per heavy atom. The fourth-order valence-corrected chi connectivity index (χ4v) is 1.23. The van der Waals surface area contributed by atoms with Gasteiger partial charge in [-0.1, -0.05) is 19.1 Å². The minimum atomic E-state index is -0.360. The molecule has 0 saturated carbocycles. The Morgan fingerprint density at radius 2 is 1.89 bits per heavy atom. The van der Waals surface area contributed by atoms with Crippen LogP contribution in [-0.2, 0) is 14.3 Å². The number of esters is 2. The summed E-state index contributed by atoms with van der Waals surface area (Å²) < 4.78 is 9.79. The maximum Gasteiger partial charge on any atom is 0.330 e. The van der Waals surface area contributed by atoms with Gasteiger partial charge in [0.1, 0.15) is 5.75 Å². The number of carbonyl (C=O) groups excluding carboxylic acids is 2. The molecule has 18 heavy (non-hydrogen) atoms. The summed E-state index contributed by atoms with van der Waals surface area (Å²) in [6.07, 6.45) is 3.82. The van der Waals surface area contributed by atoms with E-state index in [9.17, 15) is 9.59 Å². The highest BCUT2D eigenvalue weighted by atomic mass is 16.5. The molecule has 4 heteroatoms. The lowest BCUT2D eigenvalue weighted by molar-refractivity contribution is -0.137. The van der Waals surface area contributed by atoms with E-state index in [1.54, 1.807) is 30.3 Å². The molecule has 0 amide bonds. The highest BCUT2D eigenvalue weighted by Crippen LogP contribution is 2.13. The molecule has 0 radical (unpaired) electrons. The standard InChI is InChI=1S/C14H16O4/c1-3-10-17-14(16)9-6-12-4-7-13(8-5-12)18-11(2)15/h4-9H,3,10H2,1-2H3/b9-6+. The molecule has 0 unspecified atom stereocenters. The van der Waals surface area contributed by atoms with Gasteiger partial charge in [-0.2, -0.15) is 0 Å². The van der Waals surface area contributed by atoms with E-state index in [0.29, 0.717) is 12.4 Å². The molecule has 1 aromatic rings. The lowest BCUT2D eigenvalue weighted by atomic mass is 10.2. The van der Waals surface area contributed by atoms with Crippen LogP contribution in [0.5, 0.6) is 5.75 Å². The van der Waals surface area contributed by atoms with E-state index < -0.39 is 0 Å². The van der Waals surface area contributed by atoms with Crippen molar-refractivity contribution in [3.8, 4) is 5.75 Å². The van der Waals surface area contributed by atoms with E-state index in [4.69, 9.17) is 9.47 Å². The van der Waals surface area contributed by atoms with Crippen LogP contribution in [0.3, 0.4) is 0 Å². The van der Waals surface area contributed by atoms with Crippen molar-refractivity contribution in [2.75, 3.05) is 6.61 Å². The van der Waals surface area contributed by atoms with E-state index >= 15 is 0 Å². The molecule has 0 atom stereocenters. The van der Waals surface area contributed by atoms with Crippen LogP contribution in [0.1, 0.15) is 25.8 Å². The normalized spacial score (nSPS) is 10.3. The first kappa shape index (κ1) is 14.0. The van der Waals surface area contributed by atoms with Gasteiger partial charge < -0.3 is 9.47 Å². The van der Waals surface area contributed by atoms with Gasteiger partial charge in [0.05, 0.1) is 6.61 Å². The Balaban J connectivity index is 2.55. The third kappa shape index (κ3) is 5.30. The molecule has 0 saturated heterocycles. The first-order valence-electron chi connectivity index (χ1n) is 5.75. The molecule has 0 N–H and O–H groups in total. The van der Waals surface area contributed by atoms with Gasteiger partial charge in [-0.3, -0.25) is 4.79 Å². The number of hydrogen-bond acceptors (Lipinski definition) is 4. The lowest BCUT2D eigenvalue weighted by Gasteiger charge is -2.01. The number of benzene rings is 1. The maximum absolute atomic E-state index is 11.2. The van der Waals surface area contributed by atoms with Crippen molar-refractivity contribution in [2.24, 2.45) is 0 Å². The molecule has 0 fully saturated rings. The van der Waals surface area contributed by atoms with Crippen LogP contribution < -0.4 is 4.74 Å². The maximum atomic E-state index is 11.2. The van der Waals surface area contributed by atoms with Crippen molar-refractivity contribution in [3.63, 3.8) is 0 Å². The van der Waals surface area contributed by atoms with Crippen LogP contribution in [0.25, 0.3) is 6.08 Å². The van der Waals surface area contributed by atoms with Crippen molar-refractivity contribution in [1.82, 2.24) is 0 Å². The molecule has 0 spiro atoms. The van der Waals surface area contributed by atoms with Crippen LogP contribution in [0.15, 0.2) is 30.3 Å². The van der Waals surface area contributed by atoms with Crippen molar-refractivity contribution in [2.45, 2.75) is 20.3 Å². The zero-order chi connectivity index (χ0) is 13.4. The summed E-state index contributed by atoms with van der Waals surface area (Å²) in [6, 6.07) is 6.83. The molecule has 0 aliphatic rings. The van der Waals surface area contributed by atoms with Gasteiger partial charge in [-0.25, -0.2) is 4.79 Å². The third-order valence-corrected chi connectivity index (χ3v) is 2.00. The molecule has 1 aromatic carbocycles. The Morgan fingerprint density at radius 3 is 2.44 bits per heavy atom. The Labute approximate surface area is 106 Å². The summed E-state index contributed by atoms with van der Waals surface area (Å²) in [5, 5.41) is 0. The Bertz CT molecular complexity index is 432. The van der Waals surface area contributed by atoms with Gasteiger partial charge >= 0.3 is 11.9 Å². The molecule has 0 heterocycles. The minimum Gasteiger partial charge on any atom is -0.463 e. The van der Waals surface area contributed by atoms with Gasteiger partial charge in [-0.05, 0) is 30.2 Å². The highest BCUT2D eigenvalue weighted by Gasteiger charge is 1.98. The van der Waals surface area contributed by atoms with E-state index in [0.717, 1.165) is 12.0 Å². The van der Waals surface area contributed by atoms with E-state index in [1.165, 1.54) is 13.0 Å². The largest absolute Gasteiger partial charge is 0.463 e. The summed E-state index contributed by atoms with van der Waals surface area (Å²) in [4.78, 5) is 21.9. The topological polar surface area (TPSA) is 52.6 Å². The number of rotatable bonds is 5. The fourth-order valence-electron chi connectivity index (χ4n) is 1.23. The van der Waals surface area contributed by atoms with Crippen molar-refractivity contribution < 1.29 is 19.1 Å². The Hall–Kier alpha value is -2.10. The SMILES string of the molecule is CCCOC(=O)/C=C/c1ccc(OC(C)=O)cc1. The molecule has 0 aliphatic heterocycles. The number of hydrogen-bond donors (Lipinski definition) is 0. The molecular formula is C14H16O4. The quantitative estimate of drug-likeness (QED) is 0.456. The highest BCUT2D eigenvalue weighted by molar-refractivity contribution is 5.87. The third-order valence-electron chi connectivity index (χ3n) is 2.00. The Kier molecular flexibility index (Phi) is 5.64. The fraction of sp³-hybridized carbons (Fsp3) is 0.286. The molecular weight excluding hydrogens is 232 g/mol. The van der Waals surface area contributed by atoms with Crippen LogP contribution in [0, 0.1) is 0 Å². The average molecular weight is 248 g/mol. The lowest BCUT2D eigenvalue weighted by Crippen LogP contribution is -2.01. The van der Waals surface area contributed by atoms with Gasteiger partial charge in [0.25, 0.3) is 0 Å². The van der Waals surface area contributed by atoms with Crippen LogP contribution in [-0.4, -0.2) is 18.5 Å². The first-order valence-corrected chi connectivity index (χ1v) is 5.75. The summed E-state index contributed by atoms with van der Waals surface area (Å²) in [7, 11) is 0.